The highest BCUT2D eigenvalue weighted by atomic mass is 79.9. The van der Waals surface area contributed by atoms with Crippen LogP contribution in [0.4, 0.5) is 0 Å². The van der Waals surface area contributed by atoms with Crippen molar-refractivity contribution in [3.05, 3.63) is 28.2 Å². The van der Waals surface area contributed by atoms with Crippen molar-refractivity contribution in [2.75, 3.05) is 33.4 Å². The van der Waals surface area contributed by atoms with Crippen molar-refractivity contribution in [3.63, 3.8) is 0 Å². The first kappa shape index (κ1) is 16.7. The molecular weight excluding hydrogens is 332 g/mol. The highest BCUT2D eigenvalue weighted by Crippen LogP contribution is 2.24. The zero-order valence-electron chi connectivity index (χ0n) is 13.1. The minimum absolute atomic E-state index is 0.151. The van der Waals surface area contributed by atoms with Gasteiger partial charge in [-0.1, -0.05) is 29.8 Å². The van der Waals surface area contributed by atoms with E-state index in [0.717, 1.165) is 36.5 Å². The summed E-state index contributed by atoms with van der Waals surface area (Å²) in [5.74, 6) is 0.933. The van der Waals surface area contributed by atoms with Crippen molar-refractivity contribution in [1.82, 2.24) is 10.2 Å². The number of nitrogens with one attached hydrogen (secondary N) is 1. The summed E-state index contributed by atoms with van der Waals surface area (Å²) in [5.41, 5.74) is 1.17. The van der Waals surface area contributed by atoms with E-state index in [1.807, 2.05) is 12.1 Å². The number of hydrogen-bond acceptors (Lipinski definition) is 4. The maximum absolute atomic E-state index is 6.00. The van der Waals surface area contributed by atoms with E-state index in [0.29, 0.717) is 12.6 Å². The van der Waals surface area contributed by atoms with Crippen LogP contribution in [0.5, 0.6) is 5.75 Å². The predicted molar refractivity (Wildman–Crippen MR) is 88.8 cm³/mol. The molecule has 0 aromatic heterocycles. The van der Waals surface area contributed by atoms with Gasteiger partial charge in [-0.25, -0.2) is 0 Å². The van der Waals surface area contributed by atoms with Gasteiger partial charge < -0.3 is 19.7 Å². The number of hydrogen-bond donors (Lipinski definition) is 1. The van der Waals surface area contributed by atoms with Crippen LogP contribution in [0.15, 0.2) is 22.7 Å². The van der Waals surface area contributed by atoms with Crippen molar-refractivity contribution >= 4 is 15.9 Å². The van der Waals surface area contributed by atoms with Gasteiger partial charge in [0.25, 0.3) is 0 Å². The second-order valence-electron chi connectivity index (χ2n) is 5.85. The number of likely N-dealkylation sites (N-methyl/N-ethyl adjacent to an activating group) is 1. The molecule has 1 aliphatic heterocycles. The third-order valence-corrected chi connectivity index (χ3v) is 3.98. The molecule has 1 unspecified atom stereocenters. The van der Waals surface area contributed by atoms with Crippen molar-refractivity contribution in [3.8, 4) is 5.75 Å². The monoisotopic (exact) mass is 356 g/mol. The Morgan fingerprint density at radius 1 is 1.48 bits per heavy atom. The Balaban J connectivity index is 1.94. The standard InChI is InChI=1S/C16H25BrN2O2/c1-12(2)18-9-13-8-14(17)4-5-16(13)21-11-15-10-19(3)6-7-20-15/h4-5,8,12,15,18H,6-7,9-11H2,1-3H3. The smallest absolute Gasteiger partial charge is 0.124 e. The zero-order chi connectivity index (χ0) is 15.2. The first-order valence-electron chi connectivity index (χ1n) is 7.49. The average molecular weight is 357 g/mol. The summed E-state index contributed by atoms with van der Waals surface area (Å²) in [5, 5.41) is 3.43. The predicted octanol–water partition coefficient (Wildman–Crippen LogP) is 2.66. The van der Waals surface area contributed by atoms with Crippen LogP contribution in [0.25, 0.3) is 0 Å². The topological polar surface area (TPSA) is 33.7 Å². The Kier molecular flexibility index (Phi) is 6.48. The summed E-state index contributed by atoms with van der Waals surface area (Å²) in [6.45, 7) is 8.40. The fourth-order valence-electron chi connectivity index (χ4n) is 2.29. The Labute approximate surface area is 135 Å². The minimum Gasteiger partial charge on any atom is -0.490 e. The quantitative estimate of drug-likeness (QED) is 0.849. The molecule has 0 spiro atoms. The molecule has 0 saturated carbocycles. The van der Waals surface area contributed by atoms with Crippen LogP contribution in [0, 0.1) is 0 Å². The van der Waals surface area contributed by atoms with E-state index in [1.54, 1.807) is 0 Å². The zero-order valence-corrected chi connectivity index (χ0v) is 14.6. The molecule has 1 aliphatic rings. The van der Waals surface area contributed by atoms with E-state index >= 15 is 0 Å². The Hall–Kier alpha value is -0.620. The normalized spacial score (nSPS) is 20.0. The molecule has 0 amide bonds. The molecule has 5 heteroatoms. The summed E-state index contributed by atoms with van der Waals surface area (Å²) in [6, 6.07) is 6.60. The first-order valence-corrected chi connectivity index (χ1v) is 8.28. The van der Waals surface area contributed by atoms with Crippen LogP contribution in [-0.4, -0.2) is 50.4 Å². The lowest BCUT2D eigenvalue weighted by atomic mass is 10.2. The molecule has 1 N–H and O–H groups in total. The third kappa shape index (κ3) is 5.58. The fourth-order valence-corrected chi connectivity index (χ4v) is 2.70. The van der Waals surface area contributed by atoms with E-state index in [2.05, 4.69) is 53.1 Å². The lowest BCUT2D eigenvalue weighted by molar-refractivity contribution is -0.0404. The van der Waals surface area contributed by atoms with Crippen molar-refractivity contribution < 1.29 is 9.47 Å². The number of morpholine rings is 1. The maximum atomic E-state index is 6.00. The highest BCUT2D eigenvalue weighted by molar-refractivity contribution is 9.10. The largest absolute Gasteiger partial charge is 0.490 e. The Morgan fingerprint density at radius 3 is 3.00 bits per heavy atom. The van der Waals surface area contributed by atoms with Crippen LogP contribution < -0.4 is 10.1 Å². The second-order valence-corrected chi connectivity index (χ2v) is 6.77. The van der Waals surface area contributed by atoms with E-state index in [1.165, 1.54) is 5.56 Å². The SMILES string of the molecule is CC(C)NCc1cc(Br)ccc1OCC1CN(C)CCO1. The van der Waals surface area contributed by atoms with Gasteiger partial charge in [-0.3, -0.25) is 0 Å². The lowest BCUT2D eigenvalue weighted by Crippen LogP contribution is -2.42. The van der Waals surface area contributed by atoms with E-state index in [4.69, 9.17) is 9.47 Å². The molecule has 118 valence electrons. The number of rotatable bonds is 6. The van der Waals surface area contributed by atoms with Gasteiger partial charge in [-0.2, -0.15) is 0 Å². The van der Waals surface area contributed by atoms with Crippen LogP contribution in [0.1, 0.15) is 19.4 Å². The molecule has 0 aliphatic carbocycles. The molecule has 21 heavy (non-hydrogen) atoms. The summed E-state index contributed by atoms with van der Waals surface area (Å²) < 4.78 is 12.8. The Morgan fingerprint density at radius 2 is 2.29 bits per heavy atom. The molecular formula is C16H25BrN2O2. The van der Waals surface area contributed by atoms with E-state index in [9.17, 15) is 0 Å². The summed E-state index contributed by atoms with van der Waals surface area (Å²) in [4.78, 5) is 2.28. The number of nitrogens with zero attached hydrogens (tertiary/aromatic N) is 1. The van der Waals surface area contributed by atoms with Crippen LogP contribution in [0.2, 0.25) is 0 Å². The van der Waals surface area contributed by atoms with Gasteiger partial charge >= 0.3 is 0 Å². The molecule has 1 aromatic carbocycles. The fraction of sp³-hybridized carbons (Fsp3) is 0.625. The van der Waals surface area contributed by atoms with Crippen LogP contribution in [0.3, 0.4) is 0 Å². The van der Waals surface area contributed by atoms with Gasteiger partial charge in [-0.05, 0) is 25.2 Å². The van der Waals surface area contributed by atoms with Crippen LogP contribution in [-0.2, 0) is 11.3 Å². The molecule has 2 rings (SSSR count). The number of ether oxygens (including phenoxy) is 2. The van der Waals surface area contributed by atoms with Gasteiger partial charge in [0.15, 0.2) is 0 Å². The summed E-state index contributed by atoms with van der Waals surface area (Å²) >= 11 is 3.52. The highest BCUT2D eigenvalue weighted by Gasteiger charge is 2.18. The maximum Gasteiger partial charge on any atom is 0.124 e. The molecule has 4 nitrogen and oxygen atoms in total. The summed E-state index contributed by atoms with van der Waals surface area (Å²) in [7, 11) is 2.12. The molecule has 0 bridgehead atoms. The van der Waals surface area contributed by atoms with Gasteiger partial charge in [-0.15, -0.1) is 0 Å². The van der Waals surface area contributed by atoms with Crippen molar-refractivity contribution in [2.45, 2.75) is 32.5 Å². The summed E-state index contributed by atoms with van der Waals surface area (Å²) in [6.07, 6.45) is 0.151. The van der Waals surface area contributed by atoms with Gasteiger partial charge in [0, 0.05) is 35.7 Å². The molecule has 1 saturated heterocycles. The molecule has 1 atom stereocenters. The lowest BCUT2D eigenvalue weighted by Gasteiger charge is -2.30. The van der Waals surface area contributed by atoms with Crippen molar-refractivity contribution in [2.24, 2.45) is 0 Å². The third-order valence-electron chi connectivity index (χ3n) is 3.49. The number of halogens is 1. The number of benzene rings is 1. The van der Waals surface area contributed by atoms with Crippen molar-refractivity contribution in [1.29, 1.82) is 0 Å². The molecule has 1 heterocycles. The average Bonchev–Trinajstić information content (AvgIpc) is 2.44. The Bertz CT molecular complexity index is 454. The van der Waals surface area contributed by atoms with Crippen LogP contribution >= 0.6 is 15.9 Å². The first-order chi connectivity index (χ1) is 10.0. The minimum atomic E-state index is 0.151. The van der Waals surface area contributed by atoms with Gasteiger partial charge in [0.2, 0.25) is 0 Å². The molecule has 1 fully saturated rings. The molecule has 0 radical (unpaired) electrons. The van der Waals surface area contributed by atoms with Gasteiger partial charge in [0.1, 0.15) is 18.5 Å². The van der Waals surface area contributed by atoms with Gasteiger partial charge in [0.05, 0.1) is 6.61 Å². The molecule has 1 aromatic rings. The van der Waals surface area contributed by atoms with E-state index in [-0.39, 0.29) is 6.10 Å². The van der Waals surface area contributed by atoms with E-state index < -0.39 is 0 Å². The second kappa shape index (κ2) is 8.13.